The van der Waals surface area contributed by atoms with Crippen LogP contribution in [0.15, 0.2) is 24.3 Å². The summed E-state index contributed by atoms with van der Waals surface area (Å²) < 4.78 is 18.5. The van der Waals surface area contributed by atoms with E-state index in [-0.39, 0.29) is 30.9 Å². The lowest BCUT2D eigenvalue weighted by Crippen LogP contribution is -2.39. The lowest BCUT2D eigenvalue weighted by Gasteiger charge is -2.29. The average molecular weight is 435 g/mol. The Morgan fingerprint density at radius 2 is 2.20 bits per heavy atom. The van der Waals surface area contributed by atoms with Gasteiger partial charge in [-0.05, 0) is 37.0 Å². The molecule has 0 unspecified atom stereocenters. The van der Waals surface area contributed by atoms with E-state index in [1.165, 1.54) is 0 Å². The fourth-order valence-electron chi connectivity index (χ4n) is 3.84. The molecule has 0 atom stereocenters. The fourth-order valence-corrected chi connectivity index (χ4v) is 4.02. The van der Waals surface area contributed by atoms with E-state index in [4.69, 9.17) is 16.3 Å². The molecular formula is C21H24ClFN4O3. The number of hydrogen-bond acceptors (Lipinski definition) is 4. The maximum atomic E-state index is 12.9. The van der Waals surface area contributed by atoms with Crippen molar-refractivity contribution in [3.8, 4) is 5.75 Å². The van der Waals surface area contributed by atoms with Crippen LogP contribution in [0.25, 0.3) is 0 Å². The molecule has 9 heteroatoms. The topological polar surface area (TPSA) is 87.3 Å². The quantitative estimate of drug-likeness (QED) is 0.701. The van der Waals surface area contributed by atoms with Crippen LogP contribution in [0.5, 0.6) is 5.75 Å². The Hall–Kier alpha value is -2.61. The van der Waals surface area contributed by atoms with Crippen molar-refractivity contribution < 1.29 is 18.7 Å². The molecule has 2 amide bonds. The Kier molecular flexibility index (Phi) is 6.22. The number of carbonyl (C=O) groups excluding carboxylic acids is 2. The van der Waals surface area contributed by atoms with Gasteiger partial charge in [0.15, 0.2) is 6.61 Å². The number of H-pyrrole nitrogens is 1. The molecule has 1 aliphatic carbocycles. The zero-order chi connectivity index (χ0) is 21.1. The number of aromatic nitrogens is 2. The molecule has 0 saturated heterocycles. The molecule has 1 saturated carbocycles. The summed E-state index contributed by atoms with van der Waals surface area (Å²) in [4.78, 5) is 26.4. The second-order valence-electron chi connectivity index (χ2n) is 7.85. The van der Waals surface area contributed by atoms with Crippen molar-refractivity contribution >= 4 is 23.4 Å². The van der Waals surface area contributed by atoms with Crippen molar-refractivity contribution in [1.82, 2.24) is 20.4 Å². The van der Waals surface area contributed by atoms with Crippen molar-refractivity contribution in [1.29, 1.82) is 0 Å². The minimum absolute atomic E-state index is 0.0729. The van der Waals surface area contributed by atoms with E-state index in [0.717, 1.165) is 17.0 Å². The summed E-state index contributed by atoms with van der Waals surface area (Å²) in [5, 5.41) is 10.7. The van der Waals surface area contributed by atoms with Crippen LogP contribution in [0.2, 0.25) is 5.02 Å². The maximum absolute atomic E-state index is 12.9. The number of alkyl halides is 1. The standard InChI is InChI=1S/C21H24ClFN4O3/c22-14-2-1-3-16(9-14)30-12-21(29)27-5-4-18-17(11-27)19(26-25-18)10-24-20(28)8-13-6-15(23)7-13/h1-3,9,13,15H,4-8,10-12H2,(H,24,28)(H,25,26). The molecule has 2 heterocycles. The minimum Gasteiger partial charge on any atom is -0.484 e. The summed E-state index contributed by atoms with van der Waals surface area (Å²) >= 11 is 5.94. The van der Waals surface area contributed by atoms with Crippen LogP contribution in [-0.4, -0.2) is 46.2 Å². The highest BCUT2D eigenvalue weighted by molar-refractivity contribution is 6.30. The van der Waals surface area contributed by atoms with Gasteiger partial charge in [0.25, 0.3) is 5.91 Å². The normalized spacial score (nSPS) is 20.3. The van der Waals surface area contributed by atoms with Gasteiger partial charge in [0.2, 0.25) is 5.91 Å². The molecular weight excluding hydrogens is 411 g/mol. The van der Waals surface area contributed by atoms with Crippen LogP contribution in [0.3, 0.4) is 0 Å². The predicted molar refractivity (Wildman–Crippen MR) is 109 cm³/mol. The number of fused-ring (bicyclic) bond motifs is 1. The minimum atomic E-state index is -0.757. The number of ether oxygens (including phenoxy) is 1. The molecule has 0 radical (unpaired) electrons. The second-order valence-corrected chi connectivity index (χ2v) is 8.29. The molecule has 2 N–H and O–H groups in total. The van der Waals surface area contributed by atoms with Gasteiger partial charge in [-0.15, -0.1) is 0 Å². The van der Waals surface area contributed by atoms with Gasteiger partial charge in [0, 0.05) is 42.2 Å². The summed E-state index contributed by atoms with van der Waals surface area (Å²) in [6, 6.07) is 6.92. The number of hydrogen-bond donors (Lipinski definition) is 2. The van der Waals surface area contributed by atoms with E-state index in [9.17, 15) is 14.0 Å². The number of benzene rings is 1. The number of nitrogens with one attached hydrogen (secondary N) is 2. The largest absolute Gasteiger partial charge is 0.484 e. The zero-order valence-corrected chi connectivity index (χ0v) is 17.3. The van der Waals surface area contributed by atoms with Gasteiger partial charge >= 0.3 is 0 Å². The van der Waals surface area contributed by atoms with Crippen molar-refractivity contribution in [2.45, 2.75) is 44.9 Å². The van der Waals surface area contributed by atoms with E-state index in [1.807, 2.05) is 0 Å². The third kappa shape index (κ3) is 4.92. The Labute approximate surface area is 178 Å². The van der Waals surface area contributed by atoms with Crippen LogP contribution in [0.1, 0.15) is 36.2 Å². The predicted octanol–water partition coefficient (Wildman–Crippen LogP) is 2.78. The fraction of sp³-hybridized carbons (Fsp3) is 0.476. The molecule has 160 valence electrons. The van der Waals surface area contributed by atoms with Gasteiger partial charge in [-0.2, -0.15) is 5.10 Å². The Morgan fingerprint density at radius 1 is 1.37 bits per heavy atom. The van der Waals surface area contributed by atoms with Gasteiger partial charge in [0.1, 0.15) is 11.9 Å². The van der Waals surface area contributed by atoms with Crippen molar-refractivity contribution in [2.75, 3.05) is 13.2 Å². The first-order chi connectivity index (χ1) is 14.5. The molecule has 1 aromatic carbocycles. The lowest BCUT2D eigenvalue weighted by atomic mass is 9.81. The van der Waals surface area contributed by atoms with Crippen LogP contribution < -0.4 is 10.1 Å². The number of rotatable bonds is 7. The smallest absolute Gasteiger partial charge is 0.260 e. The SMILES string of the molecule is O=C(CC1CC(F)C1)NCc1n[nH]c2c1CN(C(=O)COc1cccc(Cl)c1)CC2. The highest BCUT2D eigenvalue weighted by atomic mass is 35.5. The van der Waals surface area contributed by atoms with Crippen LogP contribution in [0, 0.1) is 5.92 Å². The van der Waals surface area contributed by atoms with Crippen molar-refractivity contribution in [3.05, 3.63) is 46.2 Å². The van der Waals surface area contributed by atoms with Crippen LogP contribution in [-0.2, 0) is 29.1 Å². The zero-order valence-electron chi connectivity index (χ0n) is 16.5. The van der Waals surface area contributed by atoms with Gasteiger partial charge in [0.05, 0.1) is 12.2 Å². The lowest BCUT2D eigenvalue weighted by molar-refractivity contribution is -0.134. The van der Waals surface area contributed by atoms with Gasteiger partial charge < -0.3 is 15.0 Å². The molecule has 30 heavy (non-hydrogen) atoms. The Morgan fingerprint density at radius 3 is 2.97 bits per heavy atom. The third-order valence-corrected chi connectivity index (χ3v) is 5.87. The van der Waals surface area contributed by atoms with Gasteiger partial charge in [-0.3, -0.25) is 14.7 Å². The van der Waals surface area contributed by atoms with Gasteiger partial charge in [-0.25, -0.2) is 4.39 Å². The monoisotopic (exact) mass is 434 g/mol. The number of nitrogens with zero attached hydrogens (tertiary/aromatic N) is 2. The molecule has 4 rings (SSSR count). The van der Waals surface area contributed by atoms with Gasteiger partial charge in [-0.1, -0.05) is 17.7 Å². The first-order valence-electron chi connectivity index (χ1n) is 10.1. The number of amides is 2. The van der Waals surface area contributed by atoms with Crippen LogP contribution >= 0.6 is 11.6 Å². The summed E-state index contributed by atoms with van der Waals surface area (Å²) in [5.41, 5.74) is 2.65. The third-order valence-electron chi connectivity index (χ3n) is 5.64. The first kappa shape index (κ1) is 20.7. The molecule has 2 aromatic rings. The number of halogens is 2. The van der Waals surface area contributed by atoms with Crippen molar-refractivity contribution in [2.24, 2.45) is 5.92 Å². The first-order valence-corrected chi connectivity index (χ1v) is 10.5. The van der Waals surface area contributed by atoms with Crippen molar-refractivity contribution in [3.63, 3.8) is 0 Å². The molecule has 1 aliphatic heterocycles. The summed E-state index contributed by atoms with van der Waals surface area (Å²) in [6.07, 6.45) is 1.20. The molecule has 1 aromatic heterocycles. The van der Waals surface area contributed by atoms with Crippen LogP contribution in [0.4, 0.5) is 4.39 Å². The number of carbonyl (C=O) groups is 2. The van der Waals surface area contributed by atoms with E-state index < -0.39 is 6.17 Å². The summed E-state index contributed by atoms with van der Waals surface area (Å²) in [5.74, 6) is 0.469. The molecule has 0 spiro atoms. The average Bonchev–Trinajstić information content (AvgIpc) is 3.11. The molecule has 1 fully saturated rings. The number of aromatic amines is 1. The highest BCUT2D eigenvalue weighted by Gasteiger charge is 2.30. The van der Waals surface area contributed by atoms with E-state index in [2.05, 4.69) is 15.5 Å². The molecule has 2 aliphatic rings. The van der Waals surface area contributed by atoms with E-state index in [1.54, 1.807) is 29.2 Å². The Bertz CT molecular complexity index is 929. The van der Waals surface area contributed by atoms with E-state index in [0.29, 0.717) is 49.5 Å². The highest BCUT2D eigenvalue weighted by Crippen LogP contribution is 2.32. The summed E-state index contributed by atoms with van der Waals surface area (Å²) in [7, 11) is 0. The molecule has 7 nitrogen and oxygen atoms in total. The van der Waals surface area contributed by atoms with E-state index >= 15 is 0 Å². The second kappa shape index (κ2) is 9.04. The molecule has 0 bridgehead atoms. The summed E-state index contributed by atoms with van der Waals surface area (Å²) in [6.45, 7) is 1.21. The maximum Gasteiger partial charge on any atom is 0.260 e. The Balaban J connectivity index is 1.29.